The van der Waals surface area contributed by atoms with Gasteiger partial charge >= 0.3 is 0 Å². The molecule has 2 heterocycles. The van der Waals surface area contributed by atoms with Crippen LogP contribution in [0.15, 0.2) is 59.1 Å². The maximum absolute atomic E-state index is 13.1. The molecule has 0 saturated heterocycles. The molecule has 4 rings (SSSR count). The molecular formula is C23H23ClN4O2. The van der Waals surface area contributed by atoms with E-state index in [0.717, 1.165) is 16.5 Å². The lowest BCUT2D eigenvalue weighted by Gasteiger charge is -2.25. The van der Waals surface area contributed by atoms with Crippen LogP contribution in [0.25, 0.3) is 22.4 Å². The molecule has 2 aromatic heterocycles. The third kappa shape index (κ3) is 3.96. The van der Waals surface area contributed by atoms with Crippen molar-refractivity contribution in [1.29, 1.82) is 0 Å². The van der Waals surface area contributed by atoms with Gasteiger partial charge in [-0.3, -0.25) is 4.79 Å². The minimum atomic E-state index is -0.0110. The summed E-state index contributed by atoms with van der Waals surface area (Å²) in [5.74, 6) is 0.740. The number of hydrogen-bond donors (Lipinski definition) is 0. The largest absolute Gasteiger partial charge is 0.419 e. The zero-order chi connectivity index (χ0) is 21.3. The number of carbonyl (C=O) groups is 1. The SMILES string of the molecule is CC(C)N(Cc1nnc(-c2ccccc2Cl)o1)C(=O)Cc1cn(C)c2ccccc12. The van der Waals surface area contributed by atoms with Crippen LogP contribution in [0.3, 0.4) is 0 Å². The summed E-state index contributed by atoms with van der Waals surface area (Å²) in [4.78, 5) is 14.9. The van der Waals surface area contributed by atoms with Gasteiger partial charge in [-0.2, -0.15) is 0 Å². The number of hydrogen-bond acceptors (Lipinski definition) is 4. The first-order valence-electron chi connectivity index (χ1n) is 9.83. The van der Waals surface area contributed by atoms with Gasteiger partial charge in [-0.1, -0.05) is 41.9 Å². The second-order valence-corrected chi connectivity index (χ2v) is 7.96. The van der Waals surface area contributed by atoms with Crippen molar-refractivity contribution in [1.82, 2.24) is 19.7 Å². The third-order valence-electron chi connectivity index (χ3n) is 5.14. The van der Waals surface area contributed by atoms with Crippen LogP contribution in [0.4, 0.5) is 0 Å². The summed E-state index contributed by atoms with van der Waals surface area (Å²) in [7, 11) is 1.99. The van der Waals surface area contributed by atoms with Gasteiger partial charge in [-0.05, 0) is 37.6 Å². The molecule has 30 heavy (non-hydrogen) atoms. The zero-order valence-corrected chi connectivity index (χ0v) is 17.9. The standard InChI is InChI=1S/C23H23ClN4O2/c1-15(2)28(14-21-25-26-23(30-21)18-9-4-6-10-19(18)24)22(29)12-16-13-27(3)20-11-7-5-8-17(16)20/h4-11,13,15H,12,14H2,1-3H3. The monoisotopic (exact) mass is 422 g/mol. The molecule has 0 bridgehead atoms. The van der Waals surface area contributed by atoms with E-state index < -0.39 is 0 Å². The predicted octanol–water partition coefficient (Wildman–Crippen LogP) is 4.86. The topological polar surface area (TPSA) is 64.2 Å². The fraction of sp³-hybridized carbons (Fsp3) is 0.261. The molecule has 0 aliphatic rings. The second-order valence-electron chi connectivity index (χ2n) is 7.56. The summed E-state index contributed by atoms with van der Waals surface area (Å²) < 4.78 is 7.85. The highest BCUT2D eigenvalue weighted by molar-refractivity contribution is 6.33. The lowest BCUT2D eigenvalue weighted by atomic mass is 10.1. The molecule has 0 aliphatic carbocycles. The highest BCUT2D eigenvalue weighted by Gasteiger charge is 2.22. The maximum Gasteiger partial charge on any atom is 0.249 e. The number of carbonyl (C=O) groups excluding carboxylic acids is 1. The van der Waals surface area contributed by atoms with Gasteiger partial charge in [-0.25, -0.2) is 0 Å². The van der Waals surface area contributed by atoms with Crippen LogP contribution in [0.2, 0.25) is 5.02 Å². The predicted molar refractivity (Wildman–Crippen MR) is 117 cm³/mol. The number of amides is 1. The van der Waals surface area contributed by atoms with E-state index in [1.54, 1.807) is 11.0 Å². The van der Waals surface area contributed by atoms with Crippen LogP contribution in [-0.4, -0.2) is 31.6 Å². The summed E-state index contributed by atoms with van der Waals surface area (Å²) >= 11 is 6.22. The van der Waals surface area contributed by atoms with Crippen LogP contribution in [-0.2, 0) is 24.8 Å². The molecule has 0 aliphatic heterocycles. The average molecular weight is 423 g/mol. The lowest BCUT2D eigenvalue weighted by molar-refractivity contribution is -0.133. The van der Waals surface area contributed by atoms with Crippen molar-refractivity contribution in [3.8, 4) is 11.5 Å². The Balaban J connectivity index is 1.54. The van der Waals surface area contributed by atoms with Gasteiger partial charge in [0.1, 0.15) is 0 Å². The van der Waals surface area contributed by atoms with Crippen LogP contribution >= 0.6 is 11.6 Å². The Morgan fingerprint density at radius 1 is 1.13 bits per heavy atom. The Labute approximate surface area is 180 Å². The summed E-state index contributed by atoms with van der Waals surface area (Å²) in [6.07, 6.45) is 2.33. The number of aryl methyl sites for hydroxylation is 1. The van der Waals surface area contributed by atoms with E-state index in [0.29, 0.717) is 28.8 Å². The molecule has 0 unspecified atom stereocenters. The molecule has 0 N–H and O–H groups in total. The molecule has 6 nitrogen and oxygen atoms in total. The van der Waals surface area contributed by atoms with Gasteiger partial charge in [0.25, 0.3) is 0 Å². The fourth-order valence-electron chi connectivity index (χ4n) is 3.60. The van der Waals surface area contributed by atoms with Gasteiger partial charge in [0.15, 0.2) is 0 Å². The molecule has 0 atom stereocenters. The van der Waals surface area contributed by atoms with Crippen molar-refractivity contribution in [3.05, 3.63) is 71.2 Å². The third-order valence-corrected chi connectivity index (χ3v) is 5.47. The number of benzene rings is 2. The maximum atomic E-state index is 13.1. The Kier molecular flexibility index (Phi) is 5.59. The number of fused-ring (bicyclic) bond motifs is 1. The lowest BCUT2D eigenvalue weighted by Crippen LogP contribution is -2.37. The van der Waals surface area contributed by atoms with E-state index in [4.69, 9.17) is 16.0 Å². The molecule has 0 fully saturated rings. The summed E-state index contributed by atoms with van der Waals surface area (Å²) in [6, 6.07) is 15.4. The number of halogens is 1. The van der Waals surface area contributed by atoms with Crippen molar-refractivity contribution in [2.45, 2.75) is 32.9 Å². The van der Waals surface area contributed by atoms with Crippen molar-refractivity contribution >= 4 is 28.4 Å². The number of aromatic nitrogens is 3. The average Bonchev–Trinajstić information content (AvgIpc) is 3.31. The molecule has 154 valence electrons. The molecular weight excluding hydrogens is 400 g/mol. The molecule has 4 aromatic rings. The van der Waals surface area contributed by atoms with Crippen LogP contribution in [0, 0.1) is 0 Å². The minimum Gasteiger partial charge on any atom is -0.419 e. The molecule has 0 spiro atoms. The van der Waals surface area contributed by atoms with Gasteiger partial charge in [-0.15, -0.1) is 10.2 Å². The molecule has 2 aromatic carbocycles. The van der Waals surface area contributed by atoms with Gasteiger partial charge in [0, 0.05) is 30.2 Å². The summed E-state index contributed by atoms with van der Waals surface area (Å²) in [5, 5.41) is 9.87. The van der Waals surface area contributed by atoms with Crippen molar-refractivity contribution < 1.29 is 9.21 Å². The van der Waals surface area contributed by atoms with Crippen LogP contribution < -0.4 is 0 Å². The Morgan fingerprint density at radius 2 is 1.87 bits per heavy atom. The summed E-state index contributed by atoms with van der Waals surface area (Å²) in [6.45, 7) is 4.21. The highest BCUT2D eigenvalue weighted by Crippen LogP contribution is 2.27. The number of rotatable bonds is 6. The molecule has 0 saturated carbocycles. The second kappa shape index (κ2) is 8.32. The molecule has 7 heteroatoms. The first kappa shape index (κ1) is 20.2. The van der Waals surface area contributed by atoms with Gasteiger partial charge in [0.05, 0.1) is 23.6 Å². The number of nitrogens with zero attached hydrogens (tertiary/aromatic N) is 4. The number of para-hydroxylation sites is 1. The minimum absolute atomic E-state index is 0.0110. The first-order chi connectivity index (χ1) is 14.4. The fourth-order valence-corrected chi connectivity index (χ4v) is 3.81. The van der Waals surface area contributed by atoms with E-state index in [-0.39, 0.29) is 18.5 Å². The van der Waals surface area contributed by atoms with E-state index in [9.17, 15) is 4.79 Å². The van der Waals surface area contributed by atoms with Crippen molar-refractivity contribution in [3.63, 3.8) is 0 Å². The Hall–Kier alpha value is -3.12. The molecule has 1 amide bonds. The quantitative estimate of drug-likeness (QED) is 0.445. The van der Waals surface area contributed by atoms with Crippen molar-refractivity contribution in [2.75, 3.05) is 0 Å². The van der Waals surface area contributed by atoms with E-state index >= 15 is 0 Å². The highest BCUT2D eigenvalue weighted by atomic mass is 35.5. The van der Waals surface area contributed by atoms with Gasteiger partial charge in [0.2, 0.25) is 17.7 Å². The summed E-state index contributed by atoms with van der Waals surface area (Å²) in [5.41, 5.74) is 2.79. The van der Waals surface area contributed by atoms with Crippen LogP contribution in [0.5, 0.6) is 0 Å². The van der Waals surface area contributed by atoms with E-state index in [2.05, 4.69) is 16.3 Å². The zero-order valence-electron chi connectivity index (χ0n) is 17.2. The van der Waals surface area contributed by atoms with Gasteiger partial charge < -0.3 is 13.9 Å². The normalized spacial score (nSPS) is 11.4. The van der Waals surface area contributed by atoms with E-state index in [1.165, 1.54) is 0 Å². The molecule has 0 radical (unpaired) electrons. The Morgan fingerprint density at radius 3 is 2.63 bits per heavy atom. The van der Waals surface area contributed by atoms with E-state index in [1.807, 2.05) is 68.1 Å². The van der Waals surface area contributed by atoms with Crippen LogP contribution in [0.1, 0.15) is 25.3 Å². The smallest absolute Gasteiger partial charge is 0.249 e. The Bertz CT molecular complexity index is 1190. The first-order valence-corrected chi connectivity index (χ1v) is 10.2. The van der Waals surface area contributed by atoms with Crippen molar-refractivity contribution in [2.24, 2.45) is 7.05 Å².